The zero-order chi connectivity index (χ0) is 30.6. The normalized spacial score (nSPS) is 22.8. The minimum absolute atomic E-state index is 0.0558. The lowest BCUT2D eigenvalue weighted by molar-refractivity contribution is -0.147. The summed E-state index contributed by atoms with van der Waals surface area (Å²) in [4.78, 5) is 50.5. The minimum atomic E-state index is -2.53. The lowest BCUT2D eigenvalue weighted by Crippen LogP contribution is -2.58. The fourth-order valence-corrected chi connectivity index (χ4v) is 6.41. The summed E-state index contributed by atoms with van der Waals surface area (Å²) in [5, 5.41) is 38.9. The smallest absolute Gasteiger partial charge is 0.323 e. The average molecular weight is 575 g/mol. The molecule has 0 aromatic heterocycles. The van der Waals surface area contributed by atoms with Crippen LogP contribution < -0.4 is 21.8 Å². The summed E-state index contributed by atoms with van der Waals surface area (Å²) in [5.41, 5.74) is 6.36. The number of ketones is 2. The van der Waals surface area contributed by atoms with Crippen LogP contribution in [0, 0.1) is 11.8 Å². The van der Waals surface area contributed by atoms with Crippen molar-refractivity contribution in [2.75, 3.05) is 10.6 Å². The summed E-state index contributed by atoms with van der Waals surface area (Å²) in [6.45, 7) is 0. The number of carbonyl (C=O) groups excluding carboxylic acids is 4. The van der Waals surface area contributed by atoms with Crippen molar-refractivity contribution in [1.82, 2.24) is 0 Å². The molecule has 7 N–H and O–H groups in total. The number of aliphatic hydroxyl groups is 3. The van der Waals surface area contributed by atoms with Gasteiger partial charge in [0.15, 0.2) is 11.4 Å². The van der Waals surface area contributed by atoms with Gasteiger partial charge in [0, 0.05) is 34.9 Å². The van der Waals surface area contributed by atoms with Crippen molar-refractivity contribution in [2.45, 2.75) is 24.9 Å². The molecule has 2 radical (unpaired) electrons. The number of benzene rings is 3. The summed E-state index contributed by atoms with van der Waals surface area (Å²) >= 11 is 0. The van der Waals surface area contributed by atoms with Crippen LogP contribution in [0.5, 0.6) is 0 Å². The van der Waals surface area contributed by atoms with Gasteiger partial charge in [-0.3, -0.25) is 14.4 Å². The van der Waals surface area contributed by atoms with Crippen LogP contribution in [0.2, 0.25) is 0 Å². The molecular weight excluding hydrogens is 549 g/mol. The molecule has 214 valence electrons. The third kappa shape index (κ3) is 4.58. The second-order valence-corrected chi connectivity index (χ2v) is 11.0. The second-order valence-electron chi connectivity index (χ2n) is 11.0. The number of nitrogens with one attached hydrogen (secondary N) is 2. The lowest BCUT2D eigenvalue weighted by Gasteiger charge is -2.46. The van der Waals surface area contributed by atoms with Crippen molar-refractivity contribution in [3.05, 3.63) is 94.8 Å². The molecule has 3 aromatic carbocycles. The van der Waals surface area contributed by atoms with Crippen LogP contribution in [-0.4, -0.2) is 52.3 Å². The first-order valence-corrected chi connectivity index (χ1v) is 13.6. The van der Waals surface area contributed by atoms with Crippen molar-refractivity contribution in [2.24, 2.45) is 17.6 Å². The van der Waals surface area contributed by atoms with E-state index in [0.29, 0.717) is 28.8 Å². The van der Waals surface area contributed by atoms with Gasteiger partial charge in [0.25, 0.3) is 5.91 Å². The molecule has 1 fully saturated rings. The Morgan fingerprint density at radius 2 is 1.49 bits per heavy atom. The molecule has 3 aliphatic rings. The quantitative estimate of drug-likeness (QED) is 0.205. The van der Waals surface area contributed by atoms with Crippen molar-refractivity contribution >= 4 is 53.9 Å². The van der Waals surface area contributed by atoms with E-state index in [4.69, 9.17) is 13.6 Å². The number of hydrogen-bond acceptors (Lipinski definition) is 7. The fourth-order valence-electron chi connectivity index (χ4n) is 6.41. The molecule has 3 atom stereocenters. The Labute approximate surface area is 247 Å². The van der Waals surface area contributed by atoms with E-state index in [1.807, 2.05) is 18.2 Å². The molecule has 1 saturated carbocycles. The van der Waals surface area contributed by atoms with E-state index in [0.717, 1.165) is 16.7 Å². The highest BCUT2D eigenvalue weighted by molar-refractivity contribution is 6.32. The summed E-state index contributed by atoms with van der Waals surface area (Å²) in [7, 11) is 5.68. The Morgan fingerprint density at radius 3 is 2.12 bits per heavy atom. The van der Waals surface area contributed by atoms with E-state index in [-0.39, 0.29) is 24.2 Å². The largest absolute Gasteiger partial charge is 0.508 e. The highest BCUT2D eigenvalue weighted by Crippen LogP contribution is 2.51. The van der Waals surface area contributed by atoms with E-state index in [9.17, 15) is 34.5 Å². The van der Waals surface area contributed by atoms with Gasteiger partial charge in [0.2, 0.25) is 5.78 Å². The topological polar surface area (TPSA) is 179 Å². The van der Waals surface area contributed by atoms with Crippen LogP contribution in [-0.2, 0) is 20.8 Å². The summed E-state index contributed by atoms with van der Waals surface area (Å²) in [5.74, 6) is -5.83. The Bertz CT molecular complexity index is 1780. The monoisotopic (exact) mass is 575 g/mol. The van der Waals surface area contributed by atoms with Crippen molar-refractivity contribution in [3.8, 4) is 11.1 Å². The molecule has 3 amide bonds. The number of rotatable bonds is 4. The van der Waals surface area contributed by atoms with Gasteiger partial charge in [-0.05, 0) is 59.7 Å². The van der Waals surface area contributed by atoms with Crippen molar-refractivity contribution in [1.29, 1.82) is 0 Å². The predicted molar refractivity (Wildman–Crippen MR) is 160 cm³/mol. The molecule has 3 aliphatic carbocycles. The number of nitrogens with two attached hydrogens (primary N) is 1. The van der Waals surface area contributed by atoms with E-state index < -0.39 is 52.3 Å². The Balaban J connectivity index is 1.29. The molecule has 11 heteroatoms. The molecule has 0 aliphatic heterocycles. The van der Waals surface area contributed by atoms with Crippen LogP contribution in [0.4, 0.5) is 16.2 Å². The van der Waals surface area contributed by atoms with E-state index >= 15 is 0 Å². The van der Waals surface area contributed by atoms with Gasteiger partial charge >= 0.3 is 6.03 Å². The number of anilines is 2. The molecule has 0 heterocycles. The fraction of sp³-hybridized carbons (Fsp3) is 0.188. The molecule has 3 aromatic rings. The third-order valence-electron chi connectivity index (χ3n) is 8.47. The Morgan fingerprint density at radius 1 is 0.884 bits per heavy atom. The van der Waals surface area contributed by atoms with Crippen LogP contribution in [0.15, 0.2) is 83.6 Å². The van der Waals surface area contributed by atoms with E-state index in [1.54, 1.807) is 48.5 Å². The van der Waals surface area contributed by atoms with E-state index in [1.165, 1.54) is 0 Å². The van der Waals surface area contributed by atoms with Gasteiger partial charge in [-0.2, -0.15) is 0 Å². The molecule has 6 rings (SSSR count). The highest BCUT2D eigenvalue weighted by Gasteiger charge is 2.60. The second kappa shape index (κ2) is 10.3. The number of primary amides is 1. The van der Waals surface area contributed by atoms with Crippen molar-refractivity contribution < 1.29 is 34.5 Å². The van der Waals surface area contributed by atoms with Crippen LogP contribution in [0.25, 0.3) is 16.9 Å². The molecule has 1 unspecified atom stereocenters. The van der Waals surface area contributed by atoms with Gasteiger partial charge in [0.1, 0.15) is 24.9 Å². The zero-order valence-corrected chi connectivity index (χ0v) is 22.8. The zero-order valence-electron chi connectivity index (χ0n) is 22.8. The van der Waals surface area contributed by atoms with Gasteiger partial charge in [-0.1, -0.05) is 47.9 Å². The maximum Gasteiger partial charge on any atom is 0.323 e. The molecule has 43 heavy (non-hydrogen) atoms. The molecular formula is C32H26BN3O7. The van der Waals surface area contributed by atoms with E-state index in [2.05, 4.69) is 10.6 Å². The molecule has 0 bridgehead atoms. The van der Waals surface area contributed by atoms with Crippen LogP contribution in [0.3, 0.4) is 0 Å². The Kier molecular flexibility index (Phi) is 6.69. The summed E-state index contributed by atoms with van der Waals surface area (Å²) in [6.07, 6.45) is 0.0990. The minimum Gasteiger partial charge on any atom is -0.508 e. The number of urea groups is 1. The van der Waals surface area contributed by atoms with Crippen LogP contribution in [0.1, 0.15) is 24.0 Å². The maximum absolute atomic E-state index is 13.7. The number of amides is 3. The van der Waals surface area contributed by atoms with Crippen molar-refractivity contribution in [3.63, 3.8) is 0 Å². The first-order chi connectivity index (χ1) is 20.5. The molecule has 10 nitrogen and oxygen atoms in total. The average Bonchev–Trinajstić information content (AvgIpc) is 2.96. The van der Waals surface area contributed by atoms with Gasteiger partial charge in [-0.15, -0.1) is 0 Å². The lowest BCUT2D eigenvalue weighted by atomic mass is 9.59. The SMILES string of the molecule is [B]c1ccc(NC(=O)Nc2ccc(-c3cccc4c3CC3C[C@H]5CC(=O)C(C(N)=O)=C(O)[C@@]5(O)C(=O)C3=C4O)cc2)cc1. The highest BCUT2D eigenvalue weighted by atomic mass is 16.3. The summed E-state index contributed by atoms with van der Waals surface area (Å²) < 4.78 is 0. The first-order valence-electron chi connectivity index (χ1n) is 13.6. The van der Waals surface area contributed by atoms with Crippen LogP contribution >= 0.6 is 0 Å². The van der Waals surface area contributed by atoms with Gasteiger partial charge in [-0.25, -0.2) is 4.79 Å². The number of hydrogen-bond donors (Lipinski definition) is 6. The summed E-state index contributed by atoms with van der Waals surface area (Å²) in [6, 6.07) is 18.7. The van der Waals surface area contributed by atoms with Gasteiger partial charge < -0.3 is 31.7 Å². The molecule has 0 saturated heterocycles. The molecule has 0 spiro atoms. The number of Topliss-reactive ketones (excluding diaryl/α,β-unsaturated/α-hetero) is 2. The third-order valence-corrected chi connectivity index (χ3v) is 8.47. The number of carbonyl (C=O) groups is 4. The maximum atomic E-state index is 13.7. The number of fused-ring (bicyclic) bond motifs is 3. The van der Waals surface area contributed by atoms with Gasteiger partial charge in [0.05, 0.1) is 0 Å². The first kappa shape index (κ1) is 28.0. The Hall–Kier alpha value is -5.16. The standard InChI is InChI=1S/C32H26BN3O7/c33-18-6-10-20(11-7-18)36-31(42)35-19-8-4-15(5-9-19)21-2-1-3-22-23(21)13-16-12-17-14-24(37)26(30(34)41)29(40)32(17,43)28(39)25(16)27(22)38/h1-11,16-17,38,40,43H,12-14H2,(H2,34,41)(H2,35,36,42)/t16?,17-,32-/m0/s1. The predicted octanol–water partition coefficient (Wildman–Crippen LogP) is 2.82. The number of aliphatic hydroxyl groups excluding tert-OH is 2.